The standard InChI is InChI=1S/C13H18N2O3.ClH/c16-10-8-12(15-9-10)13(17)14-6-7-18-11-4-2-1-3-5-11;/h1-5,10,12,15-16H,6-9H2,(H,14,17);1H. The predicted molar refractivity (Wildman–Crippen MR) is 74.6 cm³/mol. The monoisotopic (exact) mass is 286 g/mol. The van der Waals surface area contributed by atoms with Crippen molar-refractivity contribution < 1.29 is 14.6 Å². The van der Waals surface area contributed by atoms with Gasteiger partial charge in [-0.3, -0.25) is 4.79 Å². The van der Waals surface area contributed by atoms with Gasteiger partial charge in [-0.25, -0.2) is 0 Å². The Morgan fingerprint density at radius 3 is 2.79 bits per heavy atom. The van der Waals surface area contributed by atoms with Crippen molar-refractivity contribution in [2.45, 2.75) is 18.6 Å². The number of benzene rings is 1. The van der Waals surface area contributed by atoms with Crippen LogP contribution < -0.4 is 15.4 Å². The predicted octanol–water partition coefficient (Wildman–Crippen LogP) is 0.326. The average Bonchev–Trinajstić information content (AvgIpc) is 2.82. The van der Waals surface area contributed by atoms with Gasteiger partial charge in [0, 0.05) is 6.54 Å². The van der Waals surface area contributed by atoms with Crippen LogP contribution in [0.15, 0.2) is 30.3 Å². The number of hydrogen-bond acceptors (Lipinski definition) is 4. The van der Waals surface area contributed by atoms with Crippen molar-refractivity contribution in [3.05, 3.63) is 30.3 Å². The van der Waals surface area contributed by atoms with Crippen LogP contribution in [0.25, 0.3) is 0 Å². The highest BCUT2D eigenvalue weighted by Crippen LogP contribution is 2.08. The number of nitrogens with one attached hydrogen (secondary N) is 2. The maximum absolute atomic E-state index is 11.7. The van der Waals surface area contributed by atoms with Crippen molar-refractivity contribution >= 4 is 18.3 Å². The lowest BCUT2D eigenvalue weighted by atomic mass is 10.2. The molecule has 1 aliphatic rings. The minimum absolute atomic E-state index is 0. The molecular weight excluding hydrogens is 268 g/mol. The maximum atomic E-state index is 11.7. The molecule has 106 valence electrons. The van der Waals surface area contributed by atoms with E-state index < -0.39 is 6.10 Å². The molecule has 6 heteroatoms. The average molecular weight is 287 g/mol. The summed E-state index contributed by atoms with van der Waals surface area (Å²) < 4.78 is 5.46. The van der Waals surface area contributed by atoms with Gasteiger partial charge in [-0.15, -0.1) is 12.4 Å². The van der Waals surface area contributed by atoms with Crippen LogP contribution in [-0.4, -0.2) is 42.9 Å². The Balaban J connectivity index is 0.00000180. The number of ether oxygens (including phenoxy) is 1. The van der Waals surface area contributed by atoms with E-state index in [0.717, 1.165) is 5.75 Å². The molecule has 1 heterocycles. The SMILES string of the molecule is Cl.O=C(NCCOc1ccccc1)C1CC(O)CN1. The van der Waals surface area contributed by atoms with E-state index in [0.29, 0.717) is 26.1 Å². The van der Waals surface area contributed by atoms with Crippen LogP contribution in [-0.2, 0) is 4.79 Å². The van der Waals surface area contributed by atoms with Gasteiger partial charge in [0.15, 0.2) is 0 Å². The molecule has 2 atom stereocenters. The number of amides is 1. The number of carbonyl (C=O) groups excluding carboxylic acids is 1. The maximum Gasteiger partial charge on any atom is 0.237 e. The molecule has 2 rings (SSSR count). The number of halogens is 1. The minimum atomic E-state index is -0.415. The summed E-state index contributed by atoms with van der Waals surface area (Å²) in [4.78, 5) is 11.7. The molecule has 0 aromatic heterocycles. The van der Waals surface area contributed by atoms with E-state index in [1.54, 1.807) is 0 Å². The second-order valence-electron chi connectivity index (χ2n) is 4.30. The molecule has 0 radical (unpaired) electrons. The van der Waals surface area contributed by atoms with Gasteiger partial charge in [0.2, 0.25) is 5.91 Å². The Bertz CT molecular complexity index is 389. The minimum Gasteiger partial charge on any atom is -0.492 e. The van der Waals surface area contributed by atoms with E-state index in [9.17, 15) is 9.90 Å². The molecule has 1 aliphatic heterocycles. The van der Waals surface area contributed by atoms with Crippen molar-refractivity contribution in [2.24, 2.45) is 0 Å². The third-order valence-corrected chi connectivity index (χ3v) is 2.84. The smallest absolute Gasteiger partial charge is 0.237 e. The first-order valence-corrected chi connectivity index (χ1v) is 6.13. The third kappa shape index (κ3) is 5.06. The van der Waals surface area contributed by atoms with Gasteiger partial charge >= 0.3 is 0 Å². The quantitative estimate of drug-likeness (QED) is 0.682. The van der Waals surface area contributed by atoms with Crippen LogP contribution >= 0.6 is 12.4 Å². The molecule has 1 aromatic rings. The lowest BCUT2D eigenvalue weighted by Gasteiger charge is -2.11. The lowest BCUT2D eigenvalue weighted by molar-refractivity contribution is -0.123. The zero-order valence-corrected chi connectivity index (χ0v) is 11.4. The highest BCUT2D eigenvalue weighted by molar-refractivity contribution is 5.85. The number of β-amino-alcohol motifs (C(OH)–C–C–N with tert-alkyl or cyclic N) is 1. The number of para-hydroxylation sites is 1. The number of aliphatic hydroxyl groups is 1. The van der Waals surface area contributed by atoms with E-state index in [-0.39, 0.29) is 24.4 Å². The molecule has 1 amide bonds. The molecule has 0 aliphatic carbocycles. The van der Waals surface area contributed by atoms with Crippen LogP contribution in [0.1, 0.15) is 6.42 Å². The molecule has 19 heavy (non-hydrogen) atoms. The van der Waals surface area contributed by atoms with Gasteiger partial charge < -0.3 is 20.5 Å². The van der Waals surface area contributed by atoms with Crippen LogP contribution in [0.4, 0.5) is 0 Å². The number of hydrogen-bond donors (Lipinski definition) is 3. The molecule has 0 saturated carbocycles. The van der Waals surface area contributed by atoms with E-state index in [1.807, 2.05) is 30.3 Å². The van der Waals surface area contributed by atoms with E-state index in [1.165, 1.54) is 0 Å². The second-order valence-corrected chi connectivity index (χ2v) is 4.30. The van der Waals surface area contributed by atoms with Crippen LogP contribution in [0, 0.1) is 0 Å². The summed E-state index contributed by atoms with van der Waals surface area (Å²) in [6.07, 6.45) is 0.0621. The molecule has 3 N–H and O–H groups in total. The first-order chi connectivity index (χ1) is 8.75. The van der Waals surface area contributed by atoms with Gasteiger partial charge in [0.25, 0.3) is 0 Å². The summed E-state index contributed by atoms with van der Waals surface area (Å²) in [7, 11) is 0. The summed E-state index contributed by atoms with van der Waals surface area (Å²) in [6.45, 7) is 1.38. The summed E-state index contributed by atoms with van der Waals surface area (Å²) in [6, 6.07) is 9.19. The van der Waals surface area contributed by atoms with Crippen molar-refractivity contribution in [3.8, 4) is 5.75 Å². The largest absolute Gasteiger partial charge is 0.492 e. The zero-order valence-electron chi connectivity index (χ0n) is 10.5. The normalized spacial score (nSPS) is 21.5. The van der Waals surface area contributed by atoms with Crippen LogP contribution in [0.5, 0.6) is 5.75 Å². The summed E-state index contributed by atoms with van der Waals surface area (Å²) in [5.74, 6) is 0.712. The van der Waals surface area contributed by atoms with E-state index in [4.69, 9.17) is 4.74 Å². The number of aliphatic hydroxyl groups excluding tert-OH is 1. The van der Waals surface area contributed by atoms with Crippen molar-refractivity contribution in [1.29, 1.82) is 0 Å². The highest BCUT2D eigenvalue weighted by atomic mass is 35.5. The van der Waals surface area contributed by atoms with Gasteiger partial charge in [-0.2, -0.15) is 0 Å². The molecule has 2 unspecified atom stereocenters. The van der Waals surface area contributed by atoms with Crippen LogP contribution in [0.2, 0.25) is 0 Å². The van der Waals surface area contributed by atoms with Gasteiger partial charge in [-0.1, -0.05) is 18.2 Å². The third-order valence-electron chi connectivity index (χ3n) is 2.84. The first-order valence-electron chi connectivity index (χ1n) is 6.13. The lowest BCUT2D eigenvalue weighted by Crippen LogP contribution is -2.41. The molecule has 1 fully saturated rings. The van der Waals surface area contributed by atoms with Crippen LogP contribution in [0.3, 0.4) is 0 Å². The number of rotatable bonds is 5. The molecular formula is C13H19ClN2O3. The van der Waals surface area contributed by atoms with Gasteiger partial charge in [-0.05, 0) is 18.6 Å². The topological polar surface area (TPSA) is 70.6 Å². The Morgan fingerprint density at radius 2 is 2.16 bits per heavy atom. The Labute approximate surface area is 118 Å². The summed E-state index contributed by atoms with van der Waals surface area (Å²) in [5.41, 5.74) is 0. The van der Waals surface area contributed by atoms with E-state index >= 15 is 0 Å². The molecule has 0 spiro atoms. The zero-order chi connectivity index (χ0) is 12.8. The van der Waals surface area contributed by atoms with E-state index in [2.05, 4.69) is 10.6 Å². The van der Waals surface area contributed by atoms with Crippen molar-refractivity contribution in [1.82, 2.24) is 10.6 Å². The molecule has 0 bridgehead atoms. The Kier molecular flexibility index (Phi) is 6.62. The first kappa shape index (κ1) is 15.8. The fourth-order valence-corrected chi connectivity index (χ4v) is 1.90. The summed E-state index contributed by atoms with van der Waals surface area (Å²) >= 11 is 0. The molecule has 1 saturated heterocycles. The number of carbonyl (C=O) groups is 1. The highest BCUT2D eigenvalue weighted by Gasteiger charge is 2.27. The van der Waals surface area contributed by atoms with Gasteiger partial charge in [0.1, 0.15) is 12.4 Å². The van der Waals surface area contributed by atoms with Crippen molar-refractivity contribution in [3.63, 3.8) is 0 Å². The Morgan fingerprint density at radius 1 is 1.42 bits per heavy atom. The fourth-order valence-electron chi connectivity index (χ4n) is 1.90. The molecule has 5 nitrogen and oxygen atoms in total. The van der Waals surface area contributed by atoms with Gasteiger partial charge in [0.05, 0.1) is 18.7 Å². The molecule has 1 aromatic carbocycles. The van der Waals surface area contributed by atoms with Crippen molar-refractivity contribution in [2.75, 3.05) is 19.7 Å². The Hall–Kier alpha value is -1.30. The second kappa shape index (κ2) is 7.99. The fraction of sp³-hybridized carbons (Fsp3) is 0.462. The summed E-state index contributed by atoms with van der Waals surface area (Å²) in [5, 5.41) is 15.0.